The molecule has 0 aromatic heterocycles. The van der Waals surface area contributed by atoms with Crippen LogP contribution in [0, 0.1) is 5.92 Å². The highest BCUT2D eigenvalue weighted by molar-refractivity contribution is 7.99. The fourth-order valence-corrected chi connectivity index (χ4v) is 5.06. The van der Waals surface area contributed by atoms with Gasteiger partial charge < -0.3 is 9.64 Å². The third kappa shape index (κ3) is 2.58. The van der Waals surface area contributed by atoms with Crippen molar-refractivity contribution in [1.82, 2.24) is 0 Å². The molecule has 1 saturated heterocycles. The second kappa shape index (κ2) is 6.34. The minimum Gasteiger partial charge on any atom is -0.469 e. The summed E-state index contributed by atoms with van der Waals surface area (Å²) >= 11 is 8.02. The van der Waals surface area contributed by atoms with Crippen molar-refractivity contribution in [3.63, 3.8) is 0 Å². The number of esters is 1. The predicted octanol–water partition coefficient (Wildman–Crippen LogP) is 4.94. The molecule has 0 radical (unpaired) electrons. The molecule has 0 amide bonds. The van der Waals surface area contributed by atoms with E-state index in [1.165, 1.54) is 22.5 Å². The smallest absolute Gasteiger partial charge is 0.311 e. The lowest BCUT2D eigenvalue weighted by Crippen LogP contribution is -2.42. The van der Waals surface area contributed by atoms with Gasteiger partial charge in [0.2, 0.25) is 0 Å². The molecule has 2 atom stereocenters. The average Bonchev–Trinajstić information content (AvgIpc) is 2.75. The highest BCUT2D eigenvalue weighted by Gasteiger charge is 2.41. The first-order valence-electron chi connectivity index (χ1n) is 8.10. The number of nitrogens with zero attached hydrogens (tertiary/aromatic N) is 1. The standard InChI is InChI=1S/C19H18ClNO2S/c1-23-19(22)14-6-4-10-21-15-11-12(20)8-9-17(15)24-16-7-3-2-5-13(16)18(14)21/h2-3,5,7-9,11,14,18H,4,6,10H2,1H3/t14-,18+/m1/s1. The Morgan fingerprint density at radius 1 is 1.25 bits per heavy atom. The van der Waals surface area contributed by atoms with Crippen molar-refractivity contribution in [2.45, 2.75) is 28.7 Å². The molecular formula is C19H18ClNO2S. The highest BCUT2D eigenvalue weighted by atomic mass is 35.5. The van der Waals surface area contributed by atoms with Gasteiger partial charge in [0, 0.05) is 21.4 Å². The van der Waals surface area contributed by atoms with Crippen LogP contribution in [0.1, 0.15) is 24.4 Å². The Hall–Kier alpha value is -1.65. The Bertz CT molecular complexity index is 795. The molecule has 0 aliphatic carbocycles. The van der Waals surface area contributed by atoms with Gasteiger partial charge in [-0.05, 0) is 42.7 Å². The van der Waals surface area contributed by atoms with Crippen LogP contribution in [0.2, 0.25) is 5.02 Å². The summed E-state index contributed by atoms with van der Waals surface area (Å²) in [6.07, 6.45) is 1.82. The second-order valence-electron chi connectivity index (χ2n) is 6.16. The maximum atomic E-state index is 12.4. The Morgan fingerprint density at radius 2 is 2.08 bits per heavy atom. The lowest BCUT2D eigenvalue weighted by molar-refractivity contribution is -0.147. The lowest BCUT2D eigenvalue weighted by Gasteiger charge is -2.41. The zero-order valence-electron chi connectivity index (χ0n) is 13.4. The van der Waals surface area contributed by atoms with Crippen molar-refractivity contribution in [3.8, 4) is 0 Å². The first-order chi connectivity index (χ1) is 11.7. The van der Waals surface area contributed by atoms with Crippen LogP contribution in [0.25, 0.3) is 0 Å². The molecule has 3 nitrogen and oxygen atoms in total. The minimum absolute atomic E-state index is 0.00498. The van der Waals surface area contributed by atoms with Gasteiger partial charge in [-0.25, -0.2) is 0 Å². The number of hydrogen-bond acceptors (Lipinski definition) is 4. The summed E-state index contributed by atoms with van der Waals surface area (Å²) in [5, 5.41) is 0.722. The molecule has 2 aliphatic heterocycles. The maximum Gasteiger partial charge on any atom is 0.311 e. The lowest BCUT2D eigenvalue weighted by atomic mass is 9.84. The number of rotatable bonds is 1. The van der Waals surface area contributed by atoms with E-state index in [1.54, 1.807) is 11.8 Å². The first-order valence-corrected chi connectivity index (χ1v) is 9.29. The fourth-order valence-electron chi connectivity index (χ4n) is 3.79. The van der Waals surface area contributed by atoms with E-state index in [9.17, 15) is 4.79 Å². The molecule has 0 N–H and O–H groups in total. The number of benzene rings is 2. The van der Waals surface area contributed by atoms with Crippen LogP contribution < -0.4 is 4.90 Å². The van der Waals surface area contributed by atoms with Gasteiger partial charge in [0.1, 0.15) is 0 Å². The molecule has 124 valence electrons. The van der Waals surface area contributed by atoms with Crippen molar-refractivity contribution < 1.29 is 9.53 Å². The van der Waals surface area contributed by atoms with Crippen LogP contribution in [0.5, 0.6) is 0 Å². The summed E-state index contributed by atoms with van der Waals surface area (Å²) in [6, 6.07) is 14.4. The van der Waals surface area contributed by atoms with Crippen LogP contribution in [-0.2, 0) is 9.53 Å². The van der Waals surface area contributed by atoms with E-state index in [1.807, 2.05) is 24.3 Å². The third-order valence-corrected chi connectivity index (χ3v) is 6.21. The summed E-state index contributed by atoms with van der Waals surface area (Å²) < 4.78 is 5.11. The van der Waals surface area contributed by atoms with Gasteiger partial charge in [0.25, 0.3) is 0 Å². The number of halogens is 1. The molecule has 2 aromatic rings. The topological polar surface area (TPSA) is 29.5 Å². The highest BCUT2D eigenvalue weighted by Crippen LogP contribution is 2.50. The number of methoxy groups -OCH3 is 1. The summed E-state index contributed by atoms with van der Waals surface area (Å²) in [5.74, 6) is -0.287. The second-order valence-corrected chi connectivity index (χ2v) is 7.68. The summed E-state index contributed by atoms with van der Waals surface area (Å²) in [4.78, 5) is 17.2. The zero-order valence-corrected chi connectivity index (χ0v) is 14.9. The quantitative estimate of drug-likeness (QED) is 0.675. The fraction of sp³-hybridized carbons (Fsp3) is 0.316. The number of carbonyl (C=O) groups excluding carboxylic acids is 1. The van der Waals surface area contributed by atoms with Gasteiger partial charge in [-0.2, -0.15) is 0 Å². The molecule has 1 fully saturated rings. The van der Waals surface area contributed by atoms with Crippen LogP contribution >= 0.6 is 23.4 Å². The molecule has 0 unspecified atom stereocenters. The Morgan fingerprint density at radius 3 is 2.92 bits per heavy atom. The summed E-state index contributed by atoms with van der Waals surface area (Å²) in [5.41, 5.74) is 2.31. The van der Waals surface area contributed by atoms with Crippen molar-refractivity contribution in [2.24, 2.45) is 5.92 Å². The number of fused-ring (bicyclic) bond motifs is 5. The monoisotopic (exact) mass is 359 g/mol. The molecular weight excluding hydrogens is 342 g/mol. The maximum absolute atomic E-state index is 12.4. The Balaban J connectivity index is 1.92. The van der Waals surface area contributed by atoms with Crippen LogP contribution in [0.3, 0.4) is 0 Å². The zero-order chi connectivity index (χ0) is 16.7. The molecule has 5 heteroatoms. The van der Waals surface area contributed by atoms with E-state index >= 15 is 0 Å². The van der Waals surface area contributed by atoms with Crippen LogP contribution in [0.4, 0.5) is 5.69 Å². The van der Waals surface area contributed by atoms with Gasteiger partial charge in [0.15, 0.2) is 0 Å². The van der Waals surface area contributed by atoms with Gasteiger partial charge in [-0.3, -0.25) is 4.79 Å². The molecule has 24 heavy (non-hydrogen) atoms. The van der Waals surface area contributed by atoms with Gasteiger partial charge in [-0.1, -0.05) is 41.6 Å². The molecule has 2 heterocycles. The Kier molecular flexibility index (Phi) is 4.19. The van der Waals surface area contributed by atoms with Crippen molar-refractivity contribution in [2.75, 3.05) is 18.6 Å². The van der Waals surface area contributed by atoms with Gasteiger partial charge >= 0.3 is 5.97 Å². The molecule has 0 spiro atoms. The normalized spacial score (nSPS) is 22.0. The van der Waals surface area contributed by atoms with E-state index in [4.69, 9.17) is 16.3 Å². The van der Waals surface area contributed by atoms with Crippen LogP contribution in [-0.4, -0.2) is 19.6 Å². The van der Waals surface area contributed by atoms with E-state index in [2.05, 4.69) is 23.1 Å². The number of ether oxygens (including phenoxy) is 1. The molecule has 2 aliphatic rings. The molecule has 4 rings (SSSR count). The first kappa shape index (κ1) is 15.9. The summed E-state index contributed by atoms with van der Waals surface area (Å²) in [7, 11) is 1.48. The SMILES string of the molecule is COC(=O)[C@@H]1CCCN2c3cc(Cl)ccc3Sc3ccccc3[C@@H]12. The number of hydrogen-bond donors (Lipinski definition) is 0. The van der Waals surface area contributed by atoms with E-state index in [-0.39, 0.29) is 17.9 Å². The van der Waals surface area contributed by atoms with E-state index in [0.29, 0.717) is 0 Å². The number of anilines is 1. The van der Waals surface area contributed by atoms with E-state index < -0.39 is 0 Å². The summed E-state index contributed by atoms with van der Waals surface area (Å²) in [6.45, 7) is 0.917. The third-order valence-electron chi connectivity index (χ3n) is 4.82. The van der Waals surface area contributed by atoms with Crippen molar-refractivity contribution in [1.29, 1.82) is 0 Å². The van der Waals surface area contributed by atoms with Gasteiger partial charge in [-0.15, -0.1) is 0 Å². The predicted molar refractivity (Wildman–Crippen MR) is 96.8 cm³/mol. The number of carbonyl (C=O) groups is 1. The van der Waals surface area contributed by atoms with Crippen molar-refractivity contribution in [3.05, 3.63) is 53.1 Å². The van der Waals surface area contributed by atoms with Gasteiger partial charge in [0.05, 0.1) is 24.8 Å². The van der Waals surface area contributed by atoms with Crippen molar-refractivity contribution >= 4 is 35.0 Å². The minimum atomic E-state index is -0.157. The largest absolute Gasteiger partial charge is 0.469 e. The Labute approximate surface area is 150 Å². The van der Waals surface area contributed by atoms with E-state index in [0.717, 1.165) is 30.1 Å². The molecule has 0 saturated carbocycles. The molecule has 2 aromatic carbocycles. The number of piperidine rings is 1. The van der Waals surface area contributed by atoms with Crippen LogP contribution in [0.15, 0.2) is 52.3 Å². The molecule has 0 bridgehead atoms. The average molecular weight is 360 g/mol.